The SMILES string of the molecule is Cc1c(C(=O)Nc2ccc(F)cc2Cl)sc2ncn(CC(=O)Nc3ccc(C(C)C)cc3)c(=O)c12. The number of carbonyl (C=O) groups is 2. The Kier molecular flexibility index (Phi) is 7.00. The number of rotatable bonds is 6. The number of amides is 2. The third-order valence-corrected chi connectivity index (χ3v) is 6.99. The van der Waals surface area contributed by atoms with E-state index in [4.69, 9.17) is 11.6 Å². The van der Waals surface area contributed by atoms with E-state index in [1.165, 1.54) is 23.0 Å². The number of fused-ring (bicyclic) bond motifs is 1. The van der Waals surface area contributed by atoms with Crippen LogP contribution >= 0.6 is 22.9 Å². The molecule has 180 valence electrons. The van der Waals surface area contributed by atoms with Crippen molar-refractivity contribution in [2.45, 2.75) is 33.2 Å². The zero-order valence-corrected chi connectivity index (χ0v) is 20.8. The molecule has 0 saturated heterocycles. The van der Waals surface area contributed by atoms with E-state index in [1.807, 2.05) is 24.3 Å². The molecule has 2 heterocycles. The van der Waals surface area contributed by atoms with Gasteiger partial charge in [-0.05, 0) is 54.3 Å². The number of carbonyl (C=O) groups excluding carboxylic acids is 2. The number of anilines is 2. The Labute approximate surface area is 209 Å². The number of halogens is 2. The summed E-state index contributed by atoms with van der Waals surface area (Å²) in [5.41, 5.74) is 2.05. The maximum Gasteiger partial charge on any atom is 0.266 e. The average Bonchev–Trinajstić information content (AvgIpc) is 3.15. The van der Waals surface area contributed by atoms with Crippen LogP contribution in [0.25, 0.3) is 10.2 Å². The van der Waals surface area contributed by atoms with Crippen LogP contribution in [0.2, 0.25) is 5.02 Å². The normalized spacial score (nSPS) is 11.1. The highest BCUT2D eigenvalue weighted by atomic mass is 35.5. The van der Waals surface area contributed by atoms with Crippen molar-refractivity contribution >= 4 is 56.3 Å². The Morgan fingerprint density at radius 1 is 1.14 bits per heavy atom. The second kappa shape index (κ2) is 9.97. The summed E-state index contributed by atoms with van der Waals surface area (Å²) in [4.78, 5) is 43.4. The molecule has 0 bridgehead atoms. The van der Waals surface area contributed by atoms with Crippen molar-refractivity contribution in [1.82, 2.24) is 9.55 Å². The first-order chi connectivity index (χ1) is 16.6. The van der Waals surface area contributed by atoms with E-state index in [1.54, 1.807) is 6.92 Å². The molecule has 0 fully saturated rings. The molecular weight excluding hydrogens is 491 g/mol. The molecule has 0 unspecified atom stereocenters. The zero-order chi connectivity index (χ0) is 25.3. The van der Waals surface area contributed by atoms with Crippen LogP contribution in [0.5, 0.6) is 0 Å². The van der Waals surface area contributed by atoms with Gasteiger partial charge in [-0.2, -0.15) is 0 Å². The molecule has 0 aliphatic rings. The van der Waals surface area contributed by atoms with Gasteiger partial charge in [0.15, 0.2) is 0 Å². The fraction of sp³-hybridized carbons (Fsp3) is 0.200. The number of hydrogen-bond acceptors (Lipinski definition) is 5. The third kappa shape index (κ3) is 5.26. The van der Waals surface area contributed by atoms with Gasteiger partial charge in [0.1, 0.15) is 17.2 Å². The predicted molar refractivity (Wildman–Crippen MR) is 137 cm³/mol. The minimum atomic E-state index is -0.521. The third-order valence-electron chi connectivity index (χ3n) is 5.48. The van der Waals surface area contributed by atoms with Gasteiger partial charge in [0.05, 0.1) is 27.3 Å². The number of aryl methyl sites for hydroxylation is 1. The van der Waals surface area contributed by atoms with E-state index in [2.05, 4.69) is 29.5 Å². The lowest BCUT2D eigenvalue weighted by molar-refractivity contribution is -0.116. The molecule has 2 N–H and O–H groups in total. The van der Waals surface area contributed by atoms with Crippen molar-refractivity contribution in [2.75, 3.05) is 10.6 Å². The molecule has 0 saturated carbocycles. The Bertz CT molecular complexity index is 1500. The monoisotopic (exact) mass is 512 g/mol. The van der Waals surface area contributed by atoms with Gasteiger partial charge in [0.2, 0.25) is 5.91 Å². The molecular formula is C25H22ClFN4O3S. The first-order valence-electron chi connectivity index (χ1n) is 10.8. The molecule has 2 amide bonds. The van der Waals surface area contributed by atoms with E-state index in [0.717, 1.165) is 23.0 Å². The van der Waals surface area contributed by atoms with Crippen LogP contribution < -0.4 is 16.2 Å². The van der Waals surface area contributed by atoms with Crippen LogP contribution in [-0.4, -0.2) is 21.4 Å². The molecule has 10 heteroatoms. The first kappa shape index (κ1) is 24.6. The summed E-state index contributed by atoms with van der Waals surface area (Å²) >= 11 is 7.05. The van der Waals surface area contributed by atoms with Gasteiger partial charge >= 0.3 is 0 Å². The van der Waals surface area contributed by atoms with Gasteiger partial charge in [-0.15, -0.1) is 11.3 Å². The molecule has 2 aromatic carbocycles. The Morgan fingerprint density at radius 3 is 2.51 bits per heavy atom. The molecule has 0 aliphatic carbocycles. The number of aromatic nitrogens is 2. The van der Waals surface area contributed by atoms with E-state index in [0.29, 0.717) is 22.0 Å². The van der Waals surface area contributed by atoms with Gasteiger partial charge in [-0.3, -0.25) is 19.0 Å². The molecule has 0 atom stereocenters. The standard InChI is InChI=1S/C25H22ClFN4O3S/c1-13(2)15-4-7-17(8-5-15)29-20(32)11-31-12-28-24-21(25(31)34)14(3)22(35-24)23(33)30-19-9-6-16(27)10-18(19)26/h4-10,12-13H,11H2,1-3H3,(H,29,32)(H,30,33). The zero-order valence-electron chi connectivity index (χ0n) is 19.2. The smallest absolute Gasteiger partial charge is 0.266 e. The highest BCUT2D eigenvalue weighted by Crippen LogP contribution is 2.29. The van der Waals surface area contributed by atoms with Crippen LogP contribution in [0.3, 0.4) is 0 Å². The highest BCUT2D eigenvalue weighted by molar-refractivity contribution is 7.20. The summed E-state index contributed by atoms with van der Waals surface area (Å²) in [6, 6.07) is 11.2. The number of thiophene rings is 1. The molecule has 4 aromatic rings. The molecule has 0 spiro atoms. The summed E-state index contributed by atoms with van der Waals surface area (Å²) in [7, 11) is 0. The molecule has 2 aromatic heterocycles. The van der Waals surface area contributed by atoms with Crippen molar-refractivity contribution < 1.29 is 14.0 Å². The number of benzene rings is 2. The number of hydrogen-bond donors (Lipinski definition) is 2. The van der Waals surface area contributed by atoms with E-state index in [-0.39, 0.29) is 33.4 Å². The second-order valence-electron chi connectivity index (χ2n) is 8.32. The second-order valence-corrected chi connectivity index (χ2v) is 9.72. The minimum Gasteiger partial charge on any atom is -0.325 e. The maximum absolute atomic E-state index is 13.3. The summed E-state index contributed by atoms with van der Waals surface area (Å²) in [5, 5.41) is 5.73. The summed E-state index contributed by atoms with van der Waals surface area (Å²) in [6.45, 7) is 5.59. The van der Waals surface area contributed by atoms with Gasteiger partial charge < -0.3 is 10.6 Å². The van der Waals surface area contributed by atoms with Crippen LogP contribution in [-0.2, 0) is 11.3 Å². The van der Waals surface area contributed by atoms with E-state index < -0.39 is 17.3 Å². The Hall–Kier alpha value is -3.56. The van der Waals surface area contributed by atoms with Crippen LogP contribution in [0.4, 0.5) is 15.8 Å². The molecule has 0 radical (unpaired) electrons. The lowest BCUT2D eigenvalue weighted by atomic mass is 10.0. The van der Waals surface area contributed by atoms with Gasteiger partial charge in [0, 0.05) is 5.69 Å². The van der Waals surface area contributed by atoms with Crippen LogP contribution in [0.1, 0.15) is 40.6 Å². The van der Waals surface area contributed by atoms with Crippen molar-refractivity contribution in [3.05, 3.63) is 86.0 Å². The fourth-order valence-corrected chi connectivity index (χ4v) is 4.81. The van der Waals surface area contributed by atoms with Crippen LogP contribution in [0.15, 0.2) is 53.6 Å². The lowest BCUT2D eigenvalue weighted by Gasteiger charge is -2.09. The quantitative estimate of drug-likeness (QED) is 0.353. The van der Waals surface area contributed by atoms with Crippen molar-refractivity contribution in [3.63, 3.8) is 0 Å². The number of nitrogens with zero attached hydrogens (tertiary/aromatic N) is 2. The van der Waals surface area contributed by atoms with Crippen LogP contribution in [0, 0.1) is 12.7 Å². The first-order valence-corrected chi connectivity index (χ1v) is 12.0. The maximum atomic E-state index is 13.3. The number of nitrogens with one attached hydrogen (secondary N) is 2. The van der Waals surface area contributed by atoms with Crippen molar-refractivity contribution in [1.29, 1.82) is 0 Å². The summed E-state index contributed by atoms with van der Waals surface area (Å²) < 4.78 is 14.5. The highest BCUT2D eigenvalue weighted by Gasteiger charge is 2.21. The fourth-order valence-electron chi connectivity index (χ4n) is 3.56. The summed E-state index contributed by atoms with van der Waals surface area (Å²) in [5.74, 6) is -1.01. The minimum absolute atomic E-state index is 0.0578. The molecule has 0 aliphatic heterocycles. The van der Waals surface area contributed by atoms with E-state index >= 15 is 0 Å². The molecule has 7 nitrogen and oxygen atoms in total. The topological polar surface area (TPSA) is 93.1 Å². The molecule has 4 rings (SSSR count). The molecule has 35 heavy (non-hydrogen) atoms. The van der Waals surface area contributed by atoms with E-state index in [9.17, 15) is 18.8 Å². The lowest BCUT2D eigenvalue weighted by Crippen LogP contribution is -2.28. The Balaban J connectivity index is 1.54. The Morgan fingerprint density at radius 2 is 1.86 bits per heavy atom. The van der Waals surface area contributed by atoms with Gasteiger partial charge in [-0.1, -0.05) is 37.6 Å². The van der Waals surface area contributed by atoms with Gasteiger partial charge in [-0.25, -0.2) is 9.37 Å². The predicted octanol–water partition coefficient (Wildman–Crippen LogP) is 5.57. The van der Waals surface area contributed by atoms with Crippen molar-refractivity contribution in [3.8, 4) is 0 Å². The summed E-state index contributed by atoms with van der Waals surface area (Å²) in [6.07, 6.45) is 1.29. The largest absolute Gasteiger partial charge is 0.325 e. The average molecular weight is 513 g/mol. The van der Waals surface area contributed by atoms with Crippen molar-refractivity contribution in [2.24, 2.45) is 0 Å². The van der Waals surface area contributed by atoms with Gasteiger partial charge in [0.25, 0.3) is 11.5 Å².